The monoisotopic (exact) mass is 267 g/mol. The molecule has 1 heterocycles. The Hall–Kier alpha value is -1.78. The van der Waals surface area contributed by atoms with Crippen molar-refractivity contribution in [2.45, 2.75) is 24.9 Å². The van der Waals surface area contributed by atoms with Gasteiger partial charge >= 0.3 is 5.97 Å². The van der Waals surface area contributed by atoms with Crippen LogP contribution in [0.25, 0.3) is 0 Å². The molecule has 1 unspecified atom stereocenters. The molecule has 1 atom stereocenters. The zero-order valence-corrected chi connectivity index (χ0v) is 10.9. The summed E-state index contributed by atoms with van der Waals surface area (Å²) in [5, 5.41) is 8.94. The number of halogens is 1. The van der Waals surface area contributed by atoms with E-state index in [1.165, 1.54) is 0 Å². The lowest BCUT2D eigenvalue weighted by Gasteiger charge is -2.23. The molecule has 1 N–H and O–H groups in total. The van der Waals surface area contributed by atoms with E-state index in [1.807, 2.05) is 29.2 Å². The summed E-state index contributed by atoms with van der Waals surface area (Å²) in [6.07, 6.45) is 0.637. The third kappa shape index (κ3) is 2.97. The maximum atomic E-state index is 14.1. The first-order valence-corrected chi connectivity index (χ1v) is 6.36. The Labute approximate surface area is 111 Å². The number of ether oxygens (including phenoxy) is 1. The summed E-state index contributed by atoms with van der Waals surface area (Å²) in [6, 6.07) is 7.51. The van der Waals surface area contributed by atoms with Gasteiger partial charge in [-0.15, -0.1) is 0 Å². The van der Waals surface area contributed by atoms with Crippen LogP contribution in [0.2, 0.25) is 0 Å². The average Bonchev–Trinajstić information content (AvgIpc) is 2.62. The van der Waals surface area contributed by atoms with Crippen molar-refractivity contribution in [3.63, 3.8) is 0 Å². The van der Waals surface area contributed by atoms with Crippen LogP contribution < -0.4 is 9.64 Å². The highest BCUT2D eigenvalue weighted by molar-refractivity contribution is 5.77. The number of alkyl halides is 1. The molecule has 0 amide bonds. The van der Waals surface area contributed by atoms with Crippen molar-refractivity contribution in [1.82, 2.24) is 0 Å². The molecule has 1 saturated heterocycles. The minimum absolute atomic E-state index is 0.0222. The predicted molar refractivity (Wildman–Crippen MR) is 70.5 cm³/mol. The normalized spacial score (nSPS) is 23.8. The summed E-state index contributed by atoms with van der Waals surface area (Å²) in [6.45, 7) is 1.08. The Morgan fingerprint density at radius 3 is 2.58 bits per heavy atom. The lowest BCUT2D eigenvalue weighted by Crippen LogP contribution is -2.35. The largest absolute Gasteiger partial charge is 0.497 e. The van der Waals surface area contributed by atoms with Gasteiger partial charge in [-0.3, -0.25) is 0 Å². The second-order valence-electron chi connectivity index (χ2n) is 4.81. The van der Waals surface area contributed by atoms with E-state index in [4.69, 9.17) is 9.84 Å². The molecule has 0 aliphatic carbocycles. The summed E-state index contributed by atoms with van der Waals surface area (Å²) >= 11 is 0. The smallest absolute Gasteiger partial charge is 0.341 e. The van der Waals surface area contributed by atoms with Crippen molar-refractivity contribution in [3.05, 3.63) is 24.3 Å². The zero-order valence-electron chi connectivity index (χ0n) is 10.9. The van der Waals surface area contributed by atoms with E-state index in [0.717, 1.165) is 11.4 Å². The third-order valence-electron chi connectivity index (χ3n) is 3.60. The van der Waals surface area contributed by atoms with Crippen molar-refractivity contribution in [1.29, 1.82) is 0 Å². The van der Waals surface area contributed by atoms with Gasteiger partial charge < -0.3 is 14.7 Å². The summed E-state index contributed by atoms with van der Waals surface area (Å²) in [7, 11) is 1.60. The van der Waals surface area contributed by atoms with Gasteiger partial charge in [-0.1, -0.05) is 0 Å². The van der Waals surface area contributed by atoms with E-state index in [2.05, 4.69) is 0 Å². The van der Waals surface area contributed by atoms with Crippen LogP contribution in [0, 0.1) is 0 Å². The second-order valence-corrected chi connectivity index (χ2v) is 4.81. The number of hydrogen-bond donors (Lipinski definition) is 1. The molecule has 0 saturated carbocycles. The number of carboxylic acid groups (broad SMARTS) is 1. The highest BCUT2D eigenvalue weighted by atomic mass is 19.1. The van der Waals surface area contributed by atoms with Crippen molar-refractivity contribution >= 4 is 11.7 Å². The molecule has 19 heavy (non-hydrogen) atoms. The standard InChI is InChI=1S/C14H18FNO3/c1-19-12-5-3-11(4-6-12)16-9-2-7-14(15,8-10-16)13(17)18/h3-6H,2,7-10H2,1H3,(H,17,18). The Morgan fingerprint density at radius 2 is 2.00 bits per heavy atom. The van der Waals surface area contributed by atoms with E-state index in [-0.39, 0.29) is 12.8 Å². The maximum absolute atomic E-state index is 14.1. The van der Waals surface area contributed by atoms with Crippen LogP contribution in [0.1, 0.15) is 19.3 Å². The molecule has 5 heteroatoms. The topological polar surface area (TPSA) is 49.8 Å². The first kappa shape index (κ1) is 13.6. The summed E-state index contributed by atoms with van der Waals surface area (Å²) in [5.41, 5.74) is -1.11. The van der Waals surface area contributed by atoms with Gasteiger partial charge in [0.25, 0.3) is 0 Å². The van der Waals surface area contributed by atoms with Gasteiger partial charge in [0.2, 0.25) is 5.67 Å². The van der Waals surface area contributed by atoms with Crippen molar-refractivity contribution in [3.8, 4) is 5.75 Å². The van der Waals surface area contributed by atoms with Crippen LogP contribution >= 0.6 is 0 Å². The molecule has 1 aliphatic heterocycles. The molecule has 0 spiro atoms. The quantitative estimate of drug-likeness (QED) is 0.914. The van der Waals surface area contributed by atoms with E-state index in [9.17, 15) is 9.18 Å². The fourth-order valence-corrected chi connectivity index (χ4v) is 2.36. The lowest BCUT2D eigenvalue weighted by atomic mass is 9.97. The van der Waals surface area contributed by atoms with Gasteiger partial charge in [0.1, 0.15) is 5.75 Å². The number of benzene rings is 1. The zero-order chi connectivity index (χ0) is 13.9. The maximum Gasteiger partial charge on any atom is 0.341 e. The second kappa shape index (κ2) is 5.47. The first-order valence-electron chi connectivity index (χ1n) is 6.36. The van der Waals surface area contributed by atoms with Gasteiger partial charge in [-0.2, -0.15) is 0 Å². The van der Waals surface area contributed by atoms with Crippen LogP contribution in [0.5, 0.6) is 5.75 Å². The molecular formula is C14H18FNO3. The molecule has 0 radical (unpaired) electrons. The number of methoxy groups -OCH3 is 1. The van der Waals surface area contributed by atoms with Crippen LogP contribution in [0.4, 0.5) is 10.1 Å². The molecular weight excluding hydrogens is 249 g/mol. The Kier molecular flexibility index (Phi) is 3.93. The van der Waals surface area contributed by atoms with Crippen molar-refractivity contribution in [2.75, 3.05) is 25.1 Å². The lowest BCUT2D eigenvalue weighted by molar-refractivity contribution is -0.151. The molecule has 4 nitrogen and oxygen atoms in total. The molecule has 1 aromatic rings. The van der Waals surface area contributed by atoms with Crippen LogP contribution in [-0.2, 0) is 4.79 Å². The molecule has 1 fully saturated rings. The molecule has 1 aromatic carbocycles. The Bertz CT molecular complexity index is 449. The Balaban J connectivity index is 2.08. The fourth-order valence-electron chi connectivity index (χ4n) is 2.36. The van der Waals surface area contributed by atoms with E-state index >= 15 is 0 Å². The van der Waals surface area contributed by atoms with E-state index in [0.29, 0.717) is 19.5 Å². The van der Waals surface area contributed by atoms with Crippen LogP contribution in [-0.4, -0.2) is 36.9 Å². The predicted octanol–water partition coefficient (Wildman–Crippen LogP) is 2.48. The molecule has 104 valence electrons. The number of nitrogens with zero attached hydrogens (tertiary/aromatic N) is 1. The average molecular weight is 267 g/mol. The summed E-state index contributed by atoms with van der Waals surface area (Å²) < 4.78 is 19.2. The molecule has 1 aliphatic rings. The minimum atomic E-state index is -2.08. The van der Waals surface area contributed by atoms with Gasteiger partial charge in [0.05, 0.1) is 7.11 Å². The van der Waals surface area contributed by atoms with Gasteiger partial charge in [0, 0.05) is 25.2 Å². The molecule has 0 aromatic heterocycles. The first-order chi connectivity index (χ1) is 9.05. The van der Waals surface area contributed by atoms with Gasteiger partial charge in [-0.05, 0) is 37.1 Å². The van der Waals surface area contributed by atoms with Crippen LogP contribution in [0.15, 0.2) is 24.3 Å². The van der Waals surface area contributed by atoms with Crippen molar-refractivity contribution < 1.29 is 19.0 Å². The van der Waals surface area contributed by atoms with Crippen molar-refractivity contribution in [2.24, 2.45) is 0 Å². The van der Waals surface area contributed by atoms with Gasteiger partial charge in [-0.25, -0.2) is 9.18 Å². The number of hydrogen-bond acceptors (Lipinski definition) is 3. The number of aliphatic carboxylic acids is 1. The summed E-state index contributed by atoms with van der Waals surface area (Å²) in [5.74, 6) is -0.576. The highest BCUT2D eigenvalue weighted by Gasteiger charge is 2.40. The van der Waals surface area contributed by atoms with E-state index < -0.39 is 11.6 Å². The van der Waals surface area contributed by atoms with Gasteiger partial charge in [0.15, 0.2) is 0 Å². The summed E-state index contributed by atoms with van der Waals surface area (Å²) in [4.78, 5) is 13.0. The fraction of sp³-hybridized carbons (Fsp3) is 0.500. The Morgan fingerprint density at radius 1 is 1.32 bits per heavy atom. The number of rotatable bonds is 3. The third-order valence-corrected chi connectivity index (χ3v) is 3.60. The number of anilines is 1. The van der Waals surface area contributed by atoms with Crippen LogP contribution in [0.3, 0.4) is 0 Å². The number of carboxylic acids is 1. The highest BCUT2D eigenvalue weighted by Crippen LogP contribution is 2.29. The molecule has 0 bridgehead atoms. The van der Waals surface area contributed by atoms with E-state index in [1.54, 1.807) is 7.11 Å². The SMILES string of the molecule is COc1ccc(N2CCCC(F)(C(=O)O)CC2)cc1. The minimum Gasteiger partial charge on any atom is -0.497 e. The number of carbonyl (C=O) groups is 1. The molecule has 2 rings (SSSR count).